The van der Waals surface area contributed by atoms with Gasteiger partial charge in [0, 0.05) is 11.3 Å². The van der Waals surface area contributed by atoms with Gasteiger partial charge < -0.3 is 10.2 Å². The van der Waals surface area contributed by atoms with Gasteiger partial charge in [-0.05, 0) is 12.1 Å². The molecule has 0 aromatic heterocycles. The van der Waals surface area contributed by atoms with Gasteiger partial charge in [0.1, 0.15) is 10.8 Å². The molecule has 112 valence electrons. The minimum atomic E-state index is -0.923. The molecule has 0 aliphatic carbocycles. The summed E-state index contributed by atoms with van der Waals surface area (Å²) in [6.45, 7) is 8.25. The smallest absolute Gasteiger partial charge is 0.329 e. The molecular weight excluding hydrogens is 274 g/mol. The van der Waals surface area contributed by atoms with Crippen LogP contribution >= 0.6 is 11.8 Å². The average molecular weight is 297 g/mol. The predicted octanol–water partition coefficient (Wildman–Crippen LogP) is 3.78. The van der Waals surface area contributed by atoms with Crippen LogP contribution in [0.15, 0.2) is 29.3 Å². The van der Waals surface area contributed by atoms with Crippen molar-refractivity contribution in [3.8, 4) is 5.75 Å². The first-order chi connectivity index (χ1) is 9.60. The topological polar surface area (TPSA) is 69.9 Å². The Kier molecular flexibility index (Phi) is 9.55. The first kappa shape index (κ1) is 18.5. The zero-order valence-electron chi connectivity index (χ0n) is 12.5. The molecule has 1 heterocycles. The molecule has 20 heavy (non-hydrogen) atoms. The summed E-state index contributed by atoms with van der Waals surface area (Å²) in [5.74, 6) is -0.360. The number of para-hydroxylation sites is 1. The van der Waals surface area contributed by atoms with Crippen LogP contribution in [0.25, 0.3) is 0 Å². The number of hydrogen-bond acceptors (Lipinski definition) is 4. The maximum atomic E-state index is 10.7. The summed E-state index contributed by atoms with van der Waals surface area (Å²) in [5, 5.41) is 18.9. The monoisotopic (exact) mass is 297 g/mol. The Balaban J connectivity index is 0.000000641. The van der Waals surface area contributed by atoms with Gasteiger partial charge >= 0.3 is 5.97 Å². The largest absolute Gasteiger partial charge is 0.507 e. The Morgan fingerprint density at radius 3 is 2.35 bits per heavy atom. The van der Waals surface area contributed by atoms with Crippen LogP contribution in [0.2, 0.25) is 0 Å². The van der Waals surface area contributed by atoms with E-state index >= 15 is 0 Å². The number of thioether (sulfide) groups is 1. The Hall–Kier alpha value is -1.49. The van der Waals surface area contributed by atoms with E-state index in [1.165, 1.54) is 18.2 Å². The maximum Gasteiger partial charge on any atom is 0.329 e. The number of nitrogens with zero attached hydrogens (tertiary/aromatic N) is 1. The van der Waals surface area contributed by atoms with Crippen molar-refractivity contribution in [1.29, 1.82) is 0 Å². The number of rotatable bonds is 2. The molecule has 0 spiro atoms. The van der Waals surface area contributed by atoms with Gasteiger partial charge in [-0.1, -0.05) is 46.2 Å². The van der Waals surface area contributed by atoms with Crippen molar-refractivity contribution in [1.82, 2.24) is 0 Å². The third-order valence-corrected chi connectivity index (χ3v) is 3.15. The molecule has 0 bridgehead atoms. The van der Waals surface area contributed by atoms with Gasteiger partial charge in [0.25, 0.3) is 0 Å². The van der Waals surface area contributed by atoms with Gasteiger partial charge in [0.05, 0.1) is 0 Å². The number of carboxylic acid groups (broad SMARTS) is 1. The Morgan fingerprint density at radius 1 is 1.35 bits per heavy atom. The predicted molar refractivity (Wildman–Crippen MR) is 85.8 cm³/mol. The van der Waals surface area contributed by atoms with E-state index in [4.69, 9.17) is 5.11 Å². The lowest BCUT2D eigenvalue weighted by atomic mass is 10.2. The Labute approximate surface area is 124 Å². The molecule has 1 unspecified atom stereocenters. The third kappa shape index (κ3) is 5.65. The first-order valence-corrected chi connectivity index (χ1v) is 7.80. The molecule has 1 aliphatic heterocycles. The van der Waals surface area contributed by atoms with Gasteiger partial charge in [-0.2, -0.15) is 0 Å². The number of hydrogen-bond donors (Lipinski definition) is 2. The fourth-order valence-corrected chi connectivity index (χ4v) is 2.36. The lowest BCUT2D eigenvalue weighted by molar-refractivity contribution is -0.137. The third-order valence-electron chi connectivity index (χ3n) is 2.07. The highest BCUT2D eigenvalue weighted by Gasteiger charge is 2.26. The van der Waals surface area contributed by atoms with Crippen molar-refractivity contribution >= 4 is 22.8 Å². The Morgan fingerprint density at radius 2 is 1.90 bits per heavy atom. The van der Waals surface area contributed by atoms with E-state index in [0.717, 1.165) is 0 Å². The molecule has 1 aromatic carbocycles. The van der Waals surface area contributed by atoms with Crippen molar-refractivity contribution in [3.63, 3.8) is 0 Å². The van der Waals surface area contributed by atoms with Crippen LogP contribution in [-0.2, 0) is 4.79 Å². The number of aromatic hydroxyl groups is 1. The molecule has 1 aliphatic rings. The zero-order chi connectivity index (χ0) is 15.5. The van der Waals surface area contributed by atoms with E-state index in [-0.39, 0.29) is 5.75 Å². The van der Waals surface area contributed by atoms with Crippen LogP contribution < -0.4 is 0 Å². The van der Waals surface area contributed by atoms with Crippen molar-refractivity contribution in [2.24, 2.45) is 4.99 Å². The van der Waals surface area contributed by atoms with Crippen LogP contribution in [0.3, 0.4) is 0 Å². The van der Waals surface area contributed by atoms with E-state index in [0.29, 0.717) is 16.4 Å². The number of benzene rings is 1. The molecule has 5 heteroatoms. The van der Waals surface area contributed by atoms with E-state index < -0.39 is 12.0 Å². The lowest BCUT2D eigenvalue weighted by Crippen LogP contribution is -2.17. The summed E-state index contributed by atoms with van der Waals surface area (Å²) < 4.78 is 0. The summed E-state index contributed by atoms with van der Waals surface area (Å²) in [7, 11) is 0. The standard InChI is InChI=1S/C10H9NO3S.C3H8.C2H6/c12-8-4-2-1-3-6(8)9-11-7(5-15-9)10(13)14;1-3-2;1-2/h1-4,7,12H,5H2,(H,13,14);3H2,1-2H3;1-2H3. The molecule has 1 atom stereocenters. The van der Waals surface area contributed by atoms with Gasteiger partial charge in [-0.3, -0.25) is 4.99 Å². The highest BCUT2D eigenvalue weighted by molar-refractivity contribution is 8.14. The molecule has 2 N–H and O–H groups in total. The minimum Gasteiger partial charge on any atom is -0.507 e. The second-order valence-corrected chi connectivity index (χ2v) is 4.83. The molecule has 4 nitrogen and oxygen atoms in total. The van der Waals surface area contributed by atoms with E-state index in [1.807, 2.05) is 13.8 Å². The maximum absolute atomic E-state index is 10.7. The molecule has 2 rings (SSSR count). The normalized spacial score (nSPS) is 16.2. The number of aliphatic carboxylic acids is 1. The quantitative estimate of drug-likeness (QED) is 0.871. The highest BCUT2D eigenvalue weighted by Crippen LogP contribution is 2.28. The number of carbonyl (C=O) groups is 1. The molecule has 0 saturated carbocycles. The molecule has 0 radical (unpaired) electrons. The fourth-order valence-electron chi connectivity index (χ4n) is 1.30. The summed E-state index contributed by atoms with van der Waals surface area (Å²) in [6, 6.07) is 6.10. The minimum absolute atomic E-state index is 0.134. The van der Waals surface area contributed by atoms with Gasteiger partial charge in [-0.15, -0.1) is 11.8 Å². The van der Waals surface area contributed by atoms with Crippen LogP contribution in [0, 0.1) is 0 Å². The van der Waals surface area contributed by atoms with Crippen molar-refractivity contribution < 1.29 is 15.0 Å². The van der Waals surface area contributed by atoms with Crippen LogP contribution in [-0.4, -0.2) is 33.0 Å². The first-order valence-electron chi connectivity index (χ1n) is 6.81. The van der Waals surface area contributed by atoms with E-state index in [1.54, 1.807) is 24.3 Å². The molecule has 1 aromatic rings. The number of phenols is 1. The molecule has 0 fully saturated rings. The number of carboxylic acids is 1. The summed E-state index contributed by atoms with van der Waals surface area (Å²) in [4.78, 5) is 14.7. The van der Waals surface area contributed by atoms with Crippen molar-refractivity contribution in [2.45, 2.75) is 40.2 Å². The van der Waals surface area contributed by atoms with Gasteiger partial charge in [0.2, 0.25) is 0 Å². The van der Waals surface area contributed by atoms with Crippen LogP contribution in [0.4, 0.5) is 0 Å². The summed E-state index contributed by atoms with van der Waals surface area (Å²) in [5.41, 5.74) is 0.603. The fraction of sp³-hybridized carbons (Fsp3) is 0.467. The van der Waals surface area contributed by atoms with Crippen LogP contribution in [0.1, 0.15) is 39.7 Å². The van der Waals surface area contributed by atoms with Crippen molar-refractivity contribution in [2.75, 3.05) is 5.75 Å². The van der Waals surface area contributed by atoms with E-state index in [2.05, 4.69) is 18.8 Å². The molecule has 0 saturated heterocycles. The second kappa shape index (κ2) is 10.3. The molecule has 0 amide bonds. The van der Waals surface area contributed by atoms with Gasteiger partial charge in [0.15, 0.2) is 6.04 Å². The average Bonchev–Trinajstić information content (AvgIpc) is 2.92. The summed E-state index contributed by atoms with van der Waals surface area (Å²) >= 11 is 1.36. The summed E-state index contributed by atoms with van der Waals surface area (Å²) in [6.07, 6.45) is 1.25. The lowest BCUT2D eigenvalue weighted by Gasteiger charge is -2.01. The number of phenolic OH excluding ortho intramolecular Hbond substituents is 1. The van der Waals surface area contributed by atoms with Gasteiger partial charge in [-0.25, -0.2) is 4.79 Å². The van der Waals surface area contributed by atoms with Crippen LogP contribution in [0.5, 0.6) is 5.75 Å². The Bertz CT molecular complexity index is 446. The molecular formula is C15H23NO3S. The second-order valence-electron chi connectivity index (χ2n) is 3.82. The van der Waals surface area contributed by atoms with E-state index in [9.17, 15) is 9.90 Å². The van der Waals surface area contributed by atoms with Crippen molar-refractivity contribution in [3.05, 3.63) is 29.8 Å². The SMILES string of the molecule is CC.CCC.O=C(O)C1CSC(c2ccccc2O)=N1. The zero-order valence-corrected chi connectivity index (χ0v) is 13.3. The number of aliphatic imine (C=N–C) groups is 1. The highest BCUT2D eigenvalue weighted by atomic mass is 32.2.